The molecule has 144 valence electrons. The lowest BCUT2D eigenvalue weighted by molar-refractivity contribution is -0.131. The van der Waals surface area contributed by atoms with Gasteiger partial charge in [0, 0.05) is 6.08 Å². The van der Waals surface area contributed by atoms with E-state index in [1.54, 1.807) is 6.08 Å². The Kier molecular flexibility index (Phi) is 25.9. The van der Waals surface area contributed by atoms with Crippen LogP contribution < -0.4 is 5.32 Å². The number of unbranched alkanes of at least 4 members (excludes halogenated alkanes) is 10. The fourth-order valence-corrected chi connectivity index (χ4v) is 2.33. The quantitative estimate of drug-likeness (QED) is 0.254. The van der Waals surface area contributed by atoms with Crippen molar-refractivity contribution in [3.63, 3.8) is 0 Å². The zero-order valence-corrected chi connectivity index (χ0v) is 16.6. The van der Waals surface area contributed by atoms with E-state index in [1.165, 1.54) is 89.8 Å². The second-order valence-electron chi connectivity index (χ2n) is 6.46. The molecule has 0 bridgehead atoms. The SMILES string of the molecule is CCCCCCCCC=CC(=O)O.CCCCCCNCCCC. The molecule has 0 rings (SSSR count). The molecule has 0 aromatic carbocycles. The summed E-state index contributed by atoms with van der Waals surface area (Å²) in [7, 11) is 0. The van der Waals surface area contributed by atoms with Gasteiger partial charge in [0.15, 0.2) is 0 Å². The van der Waals surface area contributed by atoms with Crippen LogP contribution in [0.4, 0.5) is 0 Å². The number of hydrogen-bond donors (Lipinski definition) is 2. The van der Waals surface area contributed by atoms with Crippen molar-refractivity contribution in [3.05, 3.63) is 12.2 Å². The molecule has 0 aromatic rings. The van der Waals surface area contributed by atoms with E-state index in [0.717, 1.165) is 12.8 Å². The van der Waals surface area contributed by atoms with Gasteiger partial charge in [-0.05, 0) is 38.8 Å². The number of carboxylic acids is 1. The Morgan fingerprint density at radius 1 is 0.750 bits per heavy atom. The van der Waals surface area contributed by atoms with Crippen LogP contribution in [-0.2, 0) is 4.79 Å². The van der Waals surface area contributed by atoms with E-state index < -0.39 is 5.97 Å². The highest BCUT2D eigenvalue weighted by Gasteiger charge is 1.89. The molecule has 0 unspecified atom stereocenters. The van der Waals surface area contributed by atoms with E-state index in [4.69, 9.17) is 5.11 Å². The lowest BCUT2D eigenvalue weighted by Gasteiger charge is -2.02. The smallest absolute Gasteiger partial charge is 0.327 e. The Morgan fingerprint density at radius 3 is 1.83 bits per heavy atom. The standard InChI is InChI=1S/C11H20O2.C10H23N/c1-2-3-4-5-6-7-8-9-10-11(12)13;1-3-5-7-8-10-11-9-6-4-2/h9-10H,2-8H2,1H3,(H,12,13);11H,3-10H2,1-2H3. The average Bonchev–Trinajstić information content (AvgIpc) is 2.57. The van der Waals surface area contributed by atoms with Gasteiger partial charge in [-0.1, -0.05) is 84.6 Å². The van der Waals surface area contributed by atoms with Gasteiger partial charge in [-0.2, -0.15) is 0 Å². The maximum atomic E-state index is 10.1. The zero-order valence-electron chi connectivity index (χ0n) is 16.6. The van der Waals surface area contributed by atoms with Crippen LogP contribution in [0.1, 0.15) is 104 Å². The molecular formula is C21H43NO2. The summed E-state index contributed by atoms with van der Waals surface area (Å²) in [5.41, 5.74) is 0. The normalized spacial score (nSPS) is 10.6. The number of hydrogen-bond acceptors (Lipinski definition) is 2. The van der Waals surface area contributed by atoms with Crippen LogP contribution in [0, 0.1) is 0 Å². The third-order valence-electron chi connectivity index (χ3n) is 3.90. The summed E-state index contributed by atoms with van der Waals surface area (Å²) < 4.78 is 0. The molecule has 0 radical (unpaired) electrons. The van der Waals surface area contributed by atoms with Crippen molar-refractivity contribution in [2.75, 3.05) is 13.1 Å². The fraction of sp³-hybridized carbons (Fsp3) is 0.857. The van der Waals surface area contributed by atoms with Gasteiger partial charge in [0.1, 0.15) is 0 Å². The Labute approximate surface area is 151 Å². The molecule has 24 heavy (non-hydrogen) atoms. The Hall–Kier alpha value is -0.830. The Bertz CT molecular complexity index is 257. The molecule has 3 nitrogen and oxygen atoms in total. The summed E-state index contributed by atoms with van der Waals surface area (Å²) in [4.78, 5) is 10.1. The molecule has 0 saturated carbocycles. The minimum absolute atomic E-state index is 0.842. The van der Waals surface area contributed by atoms with Gasteiger partial charge in [0.05, 0.1) is 0 Å². The Morgan fingerprint density at radius 2 is 1.25 bits per heavy atom. The molecule has 0 aromatic heterocycles. The zero-order chi connectivity index (χ0) is 18.3. The fourth-order valence-electron chi connectivity index (χ4n) is 2.33. The van der Waals surface area contributed by atoms with E-state index in [9.17, 15) is 4.79 Å². The molecule has 0 amide bonds. The molecule has 0 fully saturated rings. The van der Waals surface area contributed by atoms with Crippen LogP contribution in [0.3, 0.4) is 0 Å². The number of aliphatic carboxylic acids is 1. The molecule has 0 aliphatic rings. The molecule has 0 heterocycles. The first kappa shape index (κ1) is 25.4. The third kappa shape index (κ3) is 29.2. The first-order chi connectivity index (χ1) is 11.7. The van der Waals surface area contributed by atoms with Crippen molar-refractivity contribution in [2.24, 2.45) is 0 Å². The van der Waals surface area contributed by atoms with Crippen molar-refractivity contribution in [1.29, 1.82) is 0 Å². The summed E-state index contributed by atoms with van der Waals surface area (Å²) in [5.74, 6) is -0.842. The second kappa shape index (κ2) is 24.4. The van der Waals surface area contributed by atoms with Crippen molar-refractivity contribution in [3.8, 4) is 0 Å². The number of nitrogens with one attached hydrogen (secondary N) is 1. The van der Waals surface area contributed by atoms with Crippen LogP contribution in [-0.4, -0.2) is 24.2 Å². The third-order valence-corrected chi connectivity index (χ3v) is 3.90. The maximum Gasteiger partial charge on any atom is 0.327 e. The van der Waals surface area contributed by atoms with Crippen LogP contribution in [0.2, 0.25) is 0 Å². The topological polar surface area (TPSA) is 49.3 Å². The lowest BCUT2D eigenvalue weighted by atomic mass is 10.1. The van der Waals surface area contributed by atoms with Crippen LogP contribution in [0.15, 0.2) is 12.2 Å². The first-order valence-corrected chi connectivity index (χ1v) is 10.3. The van der Waals surface area contributed by atoms with Gasteiger partial charge in [-0.15, -0.1) is 0 Å². The van der Waals surface area contributed by atoms with E-state index in [2.05, 4.69) is 26.1 Å². The van der Waals surface area contributed by atoms with Gasteiger partial charge < -0.3 is 10.4 Å². The summed E-state index contributed by atoms with van der Waals surface area (Å²) in [5, 5.41) is 11.7. The molecule has 0 aliphatic heterocycles. The van der Waals surface area contributed by atoms with Gasteiger partial charge in [0.25, 0.3) is 0 Å². The van der Waals surface area contributed by atoms with Crippen LogP contribution in [0.5, 0.6) is 0 Å². The van der Waals surface area contributed by atoms with Crippen LogP contribution in [0.25, 0.3) is 0 Å². The molecule has 0 aliphatic carbocycles. The molecule has 2 N–H and O–H groups in total. The summed E-state index contributed by atoms with van der Waals surface area (Å²) in [6, 6.07) is 0. The van der Waals surface area contributed by atoms with Crippen molar-refractivity contribution >= 4 is 5.97 Å². The summed E-state index contributed by atoms with van der Waals surface area (Å²) in [6.07, 6.45) is 19.6. The average molecular weight is 342 g/mol. The van der Waals surface area contributed by atoms with Gasteiger partial charge >= 0.3 is 5.97 Å². The molecular weight excluding hydrogens is 298 g/mol. The highest BCUT2D eigenvalue weighted by Crippen LogP contribution is 2.06. The predicted molar refractivity (Wildman–Crippen MR) is 107 cm³/mol. The van der Waals surface area contributed by atoms with Gasteiger partial charge in [-0.25, -0.2) is 4.79 Å². The van der Waals surface area contributed by atoms with Crippen LogP contribution >= 0.6 is 0 Å². The predicted octanol–water partition coefficient (Wildman–Crippen LogP) is 6.33. The van der Waals surface area contributed by atoms with Gasteiger partial charge in [0.2, 0.25) is 0 Å². The lowest BCUT2D eigenvalue weighted by Crippen LogP contribution is -2.16. The maximum absolute atomic E-state index is 10.1. The molecule has 0 saturated heterocycles. The molecule has 3 heteroatoms. The number of carboxylic acid groups (broad SMARTS) is 1. The van der Waals surface area contributed by atoms with Gasteiger partial charge in [-0.3, -0.25) is 0 Å². The van der Waals surface area contributed by atoms with E-state index >= 15 is 0 Å². The first-order valence-electron chi connectivity index (χ1n) is 10.3. The highest BCUT2D eigenvalue weighted by molar-refractivity contribution is 5.79. The molecule has 0 spiro atoms. The van der Waals surface area contributed by atoms with Crippen molar-refractivity contribution in [2.45, 2.75) is 104 Å². The second-order valence-corrected chi connectivity index (χ2v) is 6.46. The minimum Gasteiger partial charge on any atom is -0.478 e. The monoisotopic (exact) mass is 341 g/mol. The summed E-state index contributed by atoms with van der Waals surface area (Å²) >= 11 is 0. The number of carbonyl (C=O) groups is 1. The Balaban J connectivity index is 0. The van der Waals surface area contributed by atoms with E-state index in [-0.39, 0.29) is 0 Å². The number of allylic oxidation sites excluding steroid dienone is 1. The summed E-state index contributed by atoms with van der Waals surface area (Å²) in [6.45, 7) is 9.13. The minimum atomic E-state index is -0.842. The van der Waals surface area contributed by atoms with E-state index in [0.29, 0.717) is 0 Å². The highest BCUT2D eigenvalue weighted by atomic mass is 16.4. The largest absolute Gasteiger partial charge is 0.478 e. The molecule has 0 atom stereocenters. The number of rotatable bonds is 16. The van der Waals surface area contributed by atoms with E-state index in [1.807, 2.05) is 0 Å². The van der Waals surface area contributed by atoms with Crippen molar-refractivity contribution in [1.82, 2.24) is 5.32 Å². The van der Waals surface area contributed by atoms with Crippen molar-refractivity contribution < 1.29 is 9.90 Å².